The van der Waals surface area contributed by atoms with Crippen LogP contribution in [0.2, 0.25) is 0 Å². The van der Waals surface area contributed by atoms with Crippen molar-refractivity contribution in [2.45, 2.75) is 6.92 Å². The number of amides is 1. The number of hydrogen-bond donors (Lipinski definition) is 1. The van der Waals surface area contributed by atoms with Crippen LogP contribution >= 0.6 is 0 Å². The Morgan fingerprint density at radius 2 is 1.93 bits per heavy atom. The number of carbonyl (C=O) groups is 1. The molecule has 0 aromatic heterocycles. The summed E-state index contributed by atoms with van der Waals surface area (Å²) >= 11 is 0. The Kier molecular flexibility index (Phi) is 6.25. The largest absolute Gasteiger partial charge is 0.483 e. The molecule has 0 atom stereocenters. The zero-order valence-corrected chi connectivity index (χ0v) is 17.0. The summed E-state index contributed by atoms with van der Waals surface area (Å²) in [7, 11) is 0. The topological polar surface area (TPSA) is 63.2 Å². The van der Waals surface area contributed by atoms with Crippen LogP contribution in [0.5, 0.6) is 5.75 Å². The summed E-state index contributed by atoms with van der Waals surface area (Å²) in [5.41, 5.74) is 5.78. The second-order valence-electron chi connectivity index (χ2n) is 7.20. The third-order valence-electron chi connectivity index (χ3n) is 5.13. The van der Waals surface area contributed by atoms with Crippen LogP contribution in [0.1, 0.15) is 11.1 Å². The van der Waals surface area contributed by atoms with Gasteiger partial charge in [-0.1, -0.05) is 42.5 Å². The van der Waals surface area contributed by atoms with Crippen LogP contribution in [0.4, 0.5) is 5.69 Å². The van der Waals surface area contributed by atoms with Gasteiger partial charge in [-0.2, -0.15) is 5.10 Å². The van der Waals surface area contributed by atoms with Gasteiger partial charge in [-0.15, -0.1) is 0 Å². The predicted octanol–water partition coefficient (Wildman–Crippen LogP) is 3.51. The molecular weight excluding hydrogens is 378 g/mol. The van der Waals surface area contributed by atoms with Crippen molar-refractivity contribution < 1.29 is 14.3 Å². The number of morpholine rings is 1. The molecule has 6 nitrogen and oxygen atoms in total. The molecule has 1 heterocycles. The predicted molar refractivity (Wildman–Crippen MR) is 119 cm³/mol. The average molecular weight is 403 g/mol. The van der Waals surface area contributed by atoms with E-state index in [1.54, 1.807) is 6.21 Å². The van der Waals surface area contributed by atoms with Crippen molar-refractivity contribution in [2.24, 2.45) is 5.10 Å². The summed E-state index contributed by atoms with van der Waals surface area (Å²) in [6.45, 7) is 5.26. The zero-order chi connectivity index (χ0) is 20.8. The van der Waals surface area contributed by atoms with Gasteiger partial charge >= 0.3 is 0 Å². The Labute approximate surface area is 176 Å². The maximum absolute atomic E-state index is 12.1. The molecular formula is C24H25N3O3. The molecule has 0 bridgehead atoms. The standard InChI is InChI=1S/C24H25N3O3/c1-18-15-21(27-11-13-29-14-12-27)10-9-20(18)16-25-26-24(28)17-30-23-8-4-6-19-5-2-3-7-22(19)23/h2-10,15-16H,11-14,17H2,1H3,(H,26,28)/b25-16+. The van der Waals surface area contributed by atoms with Gasteiger partial charge in [-0.3, -0.25) is 4.79 Å². The summed E-state index contributed by atoms with van der Waals surface area (Å²) < 4.78 is 11.1. The number of rotatable bonds is 6. The van der Waals surface area contributed by atoms with Crippen LogP contribution in [-0.4, -0.2) is 45.0 Å². The van der Waals surface area contributed by atoms with Crippen molar-refractivity contribution >= 4 is 28.6 Å². The molecule has 0 aliphatic carbocycles. The Morgan fingerprint density at radius 3 is 2.77 bits per heavy atom. The molecule has 1 N–H and O–H groups in total. The number of nitrogens with zero attached hydrogens (tertiary/aromatic N) is 2. The minimum atomic E-state index is -0.304. The van der Waals surface area contributed by atoms with Crippen molar-refractivity contribution in [3.63, 3.8) is 0 Å². The minimum Gasteiger partial charge on any atom is -0.483 e. The quantitative estimate of drug-likeness (QED) is 0.505. The van der Waals surface area contributed by atoms with Gasteiger partial charge in [0.2, 0.25) is 0 Å². The van der Waals surface area contributed by atoms with E-state index in [9.17, 15) is 4.79 Å². The van der Waals surface area contributed by atoms with Crippen molar-refractivity contribution in [1.29, 1.82) is 0 Å². The first kappa shape index (κ1) is 19.9. The Morgan fingerprint density at radius 1 is 1.13 bits per heavy atom. The normalized spacial score (nSPS) is 14.2. The number of benzene rings is 3. The Bertz CT molecular complexity index is 1050. The summed E-state index contributed by atoms with van der Waals surface area (Å²) in [5.74, 6) is 0.378. The SMILES string of the molecule is Cc1cc(N2CCOCC2)ccc1/C=N/NC(=O)COc1cccc2ccccc12. The molecule has 4 rings (SSSR count). The molecule has 0 unspecified atom stereocenters. The first-order valence-corrected chi connectivity index (χ1v) is 10.1. The van der Waals surface area contributed by atoms with Gasteiger partial charge in [0.05, 0.1) is 19.4 Å². The molecule has 1 saturated heterocycles. The van der Waals surface area contributed by atoms with E-state index in [4.69, 9.17) is 9.47 Å². The number of hydrazone groups is 1. The second-order valence-corrected chi connectivity index (χ2v) is 7.20. The number of anilines is 1. The molecule has 3 aromatic rings. The van der Waals surface area contributed by atoms with E-state index in [1.807, 2.05) is 55.5 Å². The molecule has 30 heavy (non-hydrogen) atoms. The molecule has 6 heteroatoms. The molecule has 3 aromatic carbocycles. The Hall–Kier alpha value is -3.38. The van der Waals surface area contributed by atoms with Crippen LogP contribution in [0.3, 0.4) is 0 Å². The van der Waals surface area contributed by atoms with Gasteiger partial charge in [0.15, 0.2) is 6.61 Å². The summed E-state index contributed by atoms with van der Waals surface area (Å²) in [4.78, 5) is 14.4. The highest BCUT2D eigenvalue weighted by Gasteiger charge is 2.11. The van der Waals surface area contributed by atoms with E-state index in [0.29, 0.717) is 5.75 Å². The van der Waals surface area contributed by atoms with E-state index in [1.165, 1.54) is 5.69 Å². The number of hydrogen-bond acceptors (Lipinski definition) is 5. The fourth-order valence-electron chi connectivity index (χ4n) is 3.49. The van der Waals surface area contributed by atoms with E-state index >= 15 is 0 Å². The van der Waals surface area contributed by atoms with E-state index < -0.39 is 0 Å². The molecule has 0 spiro atoms. The number of aryl methyl sites for hydroxylation is 1. The Balaban J connectivity index is 1.32. The van der Waals surface area contributed by atoms with Gasteiger partial charge in [0.25, 0.3) is 5.91 Å². The van der Waals surface area contributed by atoms with Crippen LogP contribution in [-0.2, 0) is 9.53 Å². The molecule has 1 fully saturated rings. The van der Waals surface area contributed by atoms with Gasteiger partial charge in [-0.05, 0) is 41.6 Å². The molecule has 1 aliphatic heterocycles. The second kappa shape index (κ2) is 9.41. The maximum Gasteiger partial charge on any atom is 0.277 e. The number of carbonyl (C=O) groups excluding carboxylic acids is 1. The highest BCUT2D eigenvalue weighted by Crippen LogP contribution is 2.25. The fraction of sp³-hybridized carbons (Fsp3) is 0.250. The minimum absolute atomic E-state index is 0.0969. The van der Waals surface area contributed by atoms with Crippen LogP contribution in [0.15, 0.2) is 65.8 Å². The molecule has 154 valence electrons. The van der Waals surface area contributed by atoms with Gasteiger partial charge in [-0.25, -0.2) is 5.43 Å². The summed E-state index contributed by atoms with van der Waals surface area (Å²) in [6, 6.07) is 19.9. The van der Waals surface area contributed by atoms with Crippen molar-refractivity contribution in [2.75, 3.05) is 37.8 Å². The van der Waals surface area contributed by atoms with Crippen LogP contribution in [0.25, 0.3) is 10.8 Å². The average Bonchev–Trinajstić information content (AvgIpc) is 2.79. The fourth-order valence-corrected chi connectivity index (χ4v) is 3.49. The highest BCUT2D eigenvalue weighted by molar-refractivity contribution is 5.89. The van der Waals surface area contributed by atoms with Crippen LogP contribution in [0, 0.1) is 6.92 Å². The van der Waals surface area contributed by atoms with Crippen LogP contribution < -0.4 is 15.1 Å². The van der Waals surface area contributed by atoms with E-state index in [2.05, 4.69) is 27.6 Å². The smallest absolute Gasteiger partial charge is 0.277 e. The first-order chi connectivity index (χ1) is 14.7. The monoisotopic (exact) mass is 403 g/mol. The van der Waals surface area contributed by atoms with Crippen molar-refractivity contribution in [3.8, 4) is 5.75 Å². The molecule has 0 saturated carbocycles. The zero-order valence-electron chi connectivity index (χ0n) is 17.0. The van der Waals surface area contributed by atoms with Crippen molar-refractivity contribution in [1.82, 2.24) is 5.43 Å². The summed E-state index contributed by atoms with van der Waals surface area (Å²) in [6.07, 6.45) is 1.66. The molecule has 1 aliphatic rings. The number of nitrogens with one attached hydrogen (secondary N) is 1. The highest BCUT2D eigenvalue weighted by atomic mass is 16.5. The lowest BCUT2D eigenvalue weighted by molar-refractivity contribution is -0.123. The van der Waals surface area contributed by atoms with Crippen molar-refractivity contribution in [3.05, 3.63) is 71.8 Å². The summed E-state index contributed by atoms with van der Waals surface area (Å²) in [5, 5.41) is 6.13. The third kappa shape index (κ3) is 4.78. The first-order valence-electron chi connectivity index (χ1n) is 10.1. The lowest BCUT2D eigenvalue weighted by Gasteiger charge is -2.29. The molecule has 1 amide bonds. The lowest BCUT2D eigenvalue weighted by atomic mass is 10.1. The van der Waals surface area contributed by atoms with E-state index in [0.717, 1.165) is 48.2 Å². The number of fused-ring (bicyclic) bond motifs is 1. The number of ether oxygens (including phenoxy) is 2. The maximum atomic E-state index is 12.1. The molecule has 0 radical (unpaired) electrons. The van der Waals surface area contributed by atoms with Gasteiger partial charge in [0, 0.05) is 24.2 Å². The lowest BCUT2D eigenvalue weighted by Crippen LogP contribution is -2.36. The third-order valence-corrected chi connectivity index (χ3v) is 5.13. The van der Waals surface area contributed by atoms with E-state index in [-0.39, 0.29) is 12.5 Å². The van der Waals surface area contributed by atoms with Gasteiger partial charge < -0.3 is 14.4 Å². The van der Waals surface area contributed by atoms with Gasteiger partial charge in [0.1, 0.15) is 5.75 Å².